The van der Waals surface area contributed by atoms with Crippen molar-refractivity contribution >= 4 is 23.2 Å². The molecule has 0 aliphatic heterocycles. The van der Waals surface area contributed by atoms with Crippen molar-refractivity contribution in [2.75, 3.05) is 27.9 Å². The molecule has 10 nitrogen and oxygen atoms in total. The summed E-state index contributed by atoms with van der Waals surface area (Å²) in [5.74, 6) is 0.399. The molecule has 2 heterocycles. The van der Waals surface area contributed by atoms with Gasteiger partial charge in [0, 0.05) is 16.5 Å². The van der Waals surface area contributed by atoms with E-state index in [4.69, 9.17) is 23.5 Å². The molecule has 0 unspecified atom stereocenters. The molecule has 0 aliphatic carbocycles. The van der Waals surface area contributed by atoms with E-state index in [1.165, 1.54) is 44.8 Å². The predicted octanol–water partition coefficient (Wildman–Crippen LogP) is 2.30. The number of aromatic nitrogens is 2. The first kappa shape index (κ1) is 21.1. The second-order valence-corrected chi connectivity index (χ2v) is 6.56. The van der Waals surface area contributed by atoms with E-state index in [9.17, 15) is 9.59 Å². The van der Waals surface area contributed by atoms with Crippen molar-refractivity contribution < 1.29 is 33.1 Å². The molecule has 30 heavy (non-hydrogen) atoms. The summed E-state index contributed by atoms with van der Waals surface area (Å²) < 4.78 is 25.7. The molecule has 0 radical (unpaired) electrons. The maximum Gasteiger partial charge on any atom is 0.325 e. The Labute approximate surface area is 175 Å². The number of rotatable bonds is 9. The largest absolute Gasteiger partial charge is 0.493 e. The highest BCUT2D eigenvalue weighted by molar-refractivity contribution is 7.08. The molecule has 0 saturated heterocycles. The molecule has 0 atom stereocenters. The van der Waals surface area contributed by atoms with Crippen molar-refractivity contribution in [3.8, 4) is 28.6 Å². The smallest absolute Gasteiger partial charge is 0.325 e. The zero-order valence-corrected chi connectivity index (χ0v) is 17.3. The summed E-state index contributed by atoms with van der Waals surface area (Å²) in [4.78, 5) is 28.5. The van der Waals surface area contributed by atoms with Crippen LogP contribution in [0.4, 0.5) is 0 Å². The first-order chi connectivity index (χ1) is 14.5. The fraction of sp³-hybridized carbons (Fsp3) is 0.263. The van der Waals surface area contributed by atoms with Crippen LogP contribution >= 0.6 is 11.3 Å². The maximum atomic E-state index is 12.4. The summed E-state index contributed by atoms with van der Waals surface area (Å²) in [6.45, 7) is -0.545. The molecule has 0 aliphatic rings. The van der Waals surface area contributed by atoms with Gasteiger partial charge in [-0.1, -0.05) is 5.16 Å². The first-order valence-electron chi connectivity index (χ1n) is 8.64. The first-order valence-corrected chi connectivity index (χ1v) is 9.59. The summed E-state index contributed by atoms with van der Waals surface area (Å²) in [6, 6.07) is 4.81. The highest BCUT2D eigenvalue weighted by Gasteiger charge is 2.18. The highest BCUT2D eigenvalue weighted by Crippen LogP contribution is 2.38. The topological polar surface area (TPSA) is 122 Å². The number of amides is 1. The maximum absolute atomic E-state index is 12.4. The third-order valence-corrected chi connectivity index (χ3v) is 4.61. The Kier molecular flexibility index (Phi) is 6.86. The van der Waals surface area contributed by atoms with E-state index in [1.54, 1.807) is 0 Å². The molecule has 11 heteroatoms. The lowest BCUT2D eigenvalue weighted by molar-refractivity contribution is -0.144. The number of hydrogen-bond donors (Lipinski definition) is 1. The average molecular weight is 433 g/mol. The van der Waals surface area contributed by atoms with E-state index in [2.05, 4.69) is 15.5 Å². The van der Waals surface area contributed by atoms with E-state index in [0.29, 0.717) is 23.1 Å². The number of carbonyl (C=O) groups excluding carboxylic acids is 2. The average Bonchev–Trinajstić information content (AvgIpc) is 3.46. The van der Waals surface area contributed by atoms with Crippen molar-refractivity contribution in [1.29, 1.82) is 0 Å². The van der Waals surface area contributed by atoms with Crippen molar-refractivity contribution in [2.45, 2.75) is 6.61 Å². The number of carbonyl (C=O) groups is 2. The lowest BCUT2D eigenvalue weighted by Crippen LogP contribution is -2.30. The van der Waals surface area contributed by atoms with Crippen LogP contribution in [0.15, 0.2) is 33.5 Å². The Morgan fingerprint density at radius 2 is 1.87 bits per heavy atom. The predicted molar refractivity (Wildman–Crippen MR) is 106 cm³/mol. The summed E-state index contributed by atoms with van der Waals surface area (Å²) in [6.07, 6.45) is 0. The lowest BCUT2D eigenvalue weighted by atomic mass is 10.1. The van der Waals surface area contributed by atoms with Gasteiger partial charge in [0.05, 0.1) is 21.3 Å². The number of nitrogens with one attached hydrogen (secondary N) is 1. The lowest BCUT2D eigenvalue weighted by Gasteiger charge is -2.14. The quantitative estimate of drug-likeness (QED) is 0.506. The molecule has 1 aromatic carbocycles. The van der Waals surface area contributed by atoms with E-state index in [-0.39, 0.29) is 24.6 Å². The molecular weight excluding hydrogens is 414 g/mol. The van der Waals surface area contributed by atoms with Crippen molar-refractivity contribution in [1.82, 2.24) is 15.5 Å². The number of esters is 1. The number of nitrogens with zero attached hydrogens (tertiary/aromatic N) is 2. The van der Waals surface area contributed by atoms with Gasteiger partial charge in [-0.3, -0.25) is 9.59 Å². The van der Waals surface area contributed by atoms with Crippen LogP contribution in [-0.4, -0.2) is 49.9 Å². The fourth-order valence-electron chi connectivity index (χ4n) is 2.48. The number of hydrogen-bond acceptors (Lipinski definition) is 10. The molecule has 158 valence electrons. The molecule has 2 aromatic heterocycles. The van der Waals surface area contributed by atoms with Crippen LogP contribution in [-0.2, 0) is 16.1 Å². The monoisotopic (exact) mass is 433 g/mol. The molecule has 1 amide bonds. The second-order valence-electron chi connectivity index (χ2n) is 5.78. The van der Waals surface area contributed by atoms with E-state index in [0.717, 1.165) is 5.56 Å². The van der Waals surface area contributed by atoms with Crippen molar-refractivity contribution in [3.05, 3.63) is 40.4 Å². The minimum atomic E-state index is -0.661. The Balaban J connectivity index is 1.54. The van der Waals surface area contributed by atoms with Crippen LogP contribution in [0.1, 0.15) is 16.2 Å². The standard InChI is InChI=1S/C19H19N3O7S/c1-25-13-6-12(7-14(26-2)17(13)27-3)19(24)20-8-16(23)28-9-15-21-18(22-29-15)11-4-5-30-10-11/h4-7,10H,8-9H2,1-3H3,(H,20,24). The van der Waals surface area contributed by atoms with Crippen LogP contribution in [0.2, 0.25) is 0 Å². The van der Waals surface area contributed by atoms with Crippen LogP contribution < -0.4 is 19.5 Å². The third-order valence-electron chi connectivity index (χ3n) is 3.92. The minimum absolute atomic E-state index is 0.153. The normalized spacial score (nSPS) is 10.4. The zero-order chi connectivity index (χ0) is 21.5. The Morgan fingerprint density at radius 1 is 1.13 bits per heavy atom. The SMILES string of the molecule is COc1cc(C(=O)NCC(=O)OCc2nc(-c3ccsc3)no2)cc(OC)c1OC. The molecule has 3 aromatic rings. The van der Waals surface area contributed by atoms with Crippen molar-refractivity contribution in [3.63, 3.8) is 0 Å². The number of benzene rings is 1. The Bertz CT molecular complexity index is 992. The molecule has 3 rings (SSSR count). The number of ether oxygens (including phenoxy) is 4. The van der Waals surface area contributed by atoms with Gasteiger partial charge in [0.1, 0.15) is 6.54 Å². The second kappa shape index (κ2) is 9.74. The molecule has 0 bridgehead atoms. The molecule has 1 N–H and O–H groups in total. The summed E-state index contributed by atoms with van der Waals surface area (Å²) in [7, 11) is 4.35. The van der Waals surface area contributed by atoms with Crippen LogP contribution in [0.25, 0.3) is 11.4 Å². The van der Waals surface area contributed by atoms with Crippen LogP contribution in [0, 0.1) is 0 Å². The van der Waals surface area contributed by atoms with E-state index >= 15 is 0 Å². The molecule has 0 saturated carbocycles. The van der Waals surface area contributed by atoms with Crippen molar-refractivity contribution in [2.24, 2.45) is 0 Å². The summed E-state index contributed by atoms with van der Waals surface area (Å²) in [5, 5.41) is 10.1. The van der Waals surface area contributed by atoms with Crippen LogP contribution in [0.3, 0.4) is 0 Å². The van der Waals surface area contributed by atoms with Gasteiger partial charge in [-0.25, -0.2) is 0 Å². The van der Waals surface area contributed by atoms with E-state index in [1.807, 2.05) is 16.8 Å². The Morgan fingerprint density at radius 3 is 2.47 bits per heavy atom. The van der Waals surface area contributed by atoms with Gasteiger partial charge in [-0.15, -0.1) is 0 Å². The summed E-state index contributed by atoms with van der Waals surface area (Å²) >= 11 is 1.51. The minimum Gasteiger partial charge on any atom is -0.493 e. The van der Waals surface area contributed by atoms with Gasteiger partial charge >= 0.3 is 5.97 Å². The van der Waals surface area contributed by atoms with E-state index < -0.39 is 11.9 Å². The third kappa shape index (κ3) is 4.87. The number of thiophene rings is 1. The Hall–Kier alpha value is -3.60. The van der Waals surface area contributed by atoms with Crippen LogP contribution in [0.5, 0.6) is 17.2 Å². The van der Waals surface area contributed by atoms with Gasteiger partial charge < -0.3 is 28.8 Å². The zero-order valence-electron chi connectivity index (χ0n) is 16.5. The van der Waals surface area contributed by atoms with Gasteiger partial charge in [0.2, 0.25) is 11.6 Å². The molecule has 0 fully saturated rings. The fourth-order valence-corrected chi connectivity index (χ4v) is 3.12. The highest BCUT2D eigenvalue weighted by atomic mass is 32.1. The number of methoxy groups -OCH3 is 3. The van der Waals surface area contributed by atoms with Gasteiger partial charge in [-0.2, -0.15) is 16.3 Å². The van der Waals surface area contributed by atoms with Gasteiger partial charge in [-0.05, 0) is 23.6 Å². The summed E-state index contributed by atoms with van der Waals surface area (Å²) in [5.41, 5.74) is 1.05. The van der Waals surface area contributed by atoms with Gasteiger partial charge in [0.25, 0.3) is 11.8 Å². The van der Waals surface area contributed by atoms with Gasteiger partial charge in [0.15, 0.2) is 18.1 Å². The molecule has 0 spiro atoms. The molecular formula is C19H19N3O7S.